The largest absolute Gasteiger partial charge is 0.497 e. The second kappa shape index (κ2) is 9.85. The Labute approximate surface area is 211 Å². The molecule has 2 atom stereocenters. The van der Waals surface area contributed by atoms with E-state index in [0.29, 0.717) is 30.1 Å². The number of fused-ring (bicyclic) bond motifs is 1. The molecule has 186 valence electrons. The van der Waals surface area contributed by atoms with Crippen LogP contribution in [0.25, 0.3) is 0 Å². The van der Waals surface area contributed by atoms with Crippen molar-refractivity contribution in [3.63, 3.8) is 0 Å². The quantitative estimate of drug-likeness (QED) is 0.463. The second-order valence-electron chi connectivity index (χ2n) is 8.90. The summed E-state index contributed by atoms with van der Waals surface area (Å²) in [7, 11) is 6.42. The molecule has 0 spiro atoms. The molecule has 7 nitrogen and oxygen atoms in total. The fourth-order valence-electron chi connectivity index (χ4n) is 5.14. The lowest BCUT2D eigenvalue weighted by Crippen LogP contribution is -2.27. The van der Waals surface area contributed by atoms with Crippen molar-refractivity contribution in [2.24, 2.45) is 0 Å². The van der Waals surface area contributed by atoms with Gasteiger partial charge in [-0.1, -0.05) is 24.3 Å². The van der Waals surface area contributed by atoms with Crippen LogP contribution in [0, 0.1) is 0 Å². The van der Waals surface area contributed by atoms with E-state index in [0.717, 1.165) is 39.5 Å². The number of hydrogen-bond acceptors (Lipinski definition) is 7. The van der Waals surface area contributed by atoms with Crippen molar-refractivity contribution >= 4 is 17.2 Å². The van der Waals surface area contributed by atoms with Gasteiger partial charge in [-0.05, 0) is 59.9 Å². The molecular weight excluding hydrogens is 456 g/mol. The highest BCUT2D eigenvalue weighted by Crippen LogP contribution is 2.47. The predicted molar refractivity (Wildman–Crippen MR) is 140 cm³/mol. The highest BCUT2D eigenvalue weighted by Gasteiger charge is 2.37. The zero-order valence-electron chi connectivity index (χ0n) is 20.9. The van der Waals surface area contributed by atoms with Gasteiger partial charge in [0.1, 0.15) is 5.75 Å². The topological polar surface area (TPSA) is 78.1 Å². The van der Waals surface area contributed by atoms with Crippen LogP contribution in [0.1, 0.15) is 35.9 Å². The summed E-state index contributed by atoms with van der Waals surface area (Å²) in [6.45, 7) is 0. The first-order chi connectivity index (χ1) is 17.6. The summed E-state index contributed by atoms with van der Waals surface area (Å²) in [4.78, 5) is 13.8. The molecule has 0 aromatic heterocycles. The molecule has 1 heterocycles. The average Bonchev–Trinajstić information content (AvgIpc) is 3.09. The van der Waals surface area contributed by atoms with Gasteiger partial charge in [0.05, 0.1) is 45.9 Å². The number of methoxy groups -OCH3 is 4. The molecule has 1 aliphatic carbocycles. The molecule has 36 heavy (non-hydrogen) atoms. The third-order valence-corrected chi connectivity index (χ3v) is 6.89. The van der Waals surface area contributed by atoms with Crippen LogP contribution < -0.4 is 29.6 Å². The summed E-state index contributed by atoms with van der Waals surface area (Å²) in [5, 5.41) is 7.18. The number of nitrogens with one attached hydrogen (secondary N) is 2. The Hall–Kier alpha value is -4.13. The molecule has 5 rings (SSSR count). The third-order valence-electron chi connectivity index (χ3n) is 6.89. The van der Waals surface area contributed by atoms with Crippen molar-refractivity contribution in [1.82, 2.24) is 0 Å². The van der Waals surface area contributed by atoms with Gasteiger partial charge in [0.2, 0.25) is 5.75 Å². The zero-order valence-corrected chi connectivity index (χ0v) is 20.9. The van der Waals surface area contributed by atoms with E-state index in [2.05, 4.69) is 16.7 Å². The van der Waals surface area contributed by atoms with E-state index in [9.17, 15) is 4.79 Å². The van der Waals surface area contributed by atoms with Crippen molar-refractivity contribution < 1.29 is 23.7 Å². The first-order valence-electron chi connectivity index (χ1n) is 11.9. The Bertz CT molecular complexity index is 1310. The van der Waals surface area contributed by atoms with Crippen molar-refractivity contribution in [2.75, 3.05) is 39.1 Å². The number of hydrogen-bond donors (Lipinski definition) is 2. The number of benzene rings is 3. The lowest BCUT2D eigenvalue weighted by molar-refractivity contribution is -0.116. The standard InChI is InChI=1S/C29H30N2O5/c1-33-20-9-7-8-17(12-20)18-13-23-27(24(32)14-18)28(31-22-11-6-5-10-21(22)30-23)19-15-25(34-2)29(36-4)26(16-19)35-3/h5-12,15-16,18,28,30-31H,13-14H2,1-4H3. The normalized spacial score (nSPS) is 18.7. The summed E-state index contributed by atoms with van der Waals surface area (Å²) in [6, 6.07) is 19.4. The lowest BCUT2D eigenvalue weighted by atomic mass is 9.78. The molecule has 0 saturated heterocycles. The van der Waals surface area contributed by atoms with E-state index in [-0.39, 0.29) is 11.7 Å². The predicted octanol–water partition coefficient (Wildman–Crippen LogP) is 5.70. The number of allylic oxidation sites excluding steroid dienone is 1. The number of para-hydroxylation sites is 2. The molecule has 0 bridgehead atoms. The molecule has 3 aromatic rings. The van der Waals surface area contributed by atoms with Crippen LogP contribution in [0.5, 0.6) is 23.0 Å². The van der Waals surface area contributed by atoms with Crippen molar-refractivity contribution in [3.05, 3.63) is 83.1 Å². The van der Waals surface area contributed by atoms with E-state index in [1.807, 2.05) is 54.6 Å². The summed E-state index contributed by atoms with van der Waals surface area (Å²) in [5.74, 6) is 2.52. The maximum absolute atomic E-state index is 13.8. The first-order valence-corrected chi connectivity index (χ1v) is 11.9. The minimum absolute atomic E-state index is 0.0460. The molecule has 1 aliphatic heterocycles. The molecule has 2 N–H and O–H groups in total. The van der Waals surface area contributed by atoms with Crippen LogP contribution in [0.2, 0.25) is 0 Å². The van der Waals surface area contributed by atoms with Gasteiger partial charge in [0.25, 0.3) is 0 Å². The molecule has 3 aromatic carbocycles. The van der Waals surface area contributed by atoms with Crippen molar-refractivity contribution in [2.45, 2.75) is 24.8 Å². The van der Waals surface area contributed by atoms with E-state index in [4.69, 9.17) is 18.9 Å². The Morgan fingerprint density at radius 2 is 1.47 bits per heavy atom. The summed E-state index contributed by atoms with van der Waals surface area (Å²) in [6.07, 6.45) is 1.11. The average molecular weight is 487 g/mol. The molecule has 2 unspecified atom stereocenters. The zero-order chi connectivity index (χ0) is 25.2. The SMILES string of the molecule is COc1cccc(C2CC(=O)C3=C(C2)Nc2ccccc2NC3c2cc(OC)c(OC)c(OC)c2)c1. The maximum atomic E-state index is 13.8. The summed E-state index contributed by atoms with van der Waals surface area (Å²) in [5.41, 5.74) is 5.42. The van der Waals surface area contributed by atoms with Crippen LogP contribution in [-0.4, -0.2) is 34.2 Å². The number of Topliss-reactive ketones (excluding diaryl/α,β-unsaturated/α-hetero) is 1. The third kappa shape index (κ3) is 4.21. The molecule has 0 radical (unpaired) electrons. The summed E-state index contributed by atoms with van der Waals surface area (Å²) < 4.78 is 22.2. The second-order valence-corrected chi connectivity index (χ2v) is 8.90. The van der Waals surface area contributed by atoms with Crippen LogP contribution in [0.15, 0.2) is 71.9 Å². The van der Waals surface area contributed by atoms with Crippen LogP contribution in [0.4, 0.5) is 11.4 Å². The molecule has 7 heteroatoms. The van der Waals surface area contributed by atoms with Crippen LogP contribution in [-0.2, 0) is 4.79 Å². The van der Waals surface area contributed by atoms with E-state index >= 15 is 0 Å². The van der Waals surface area contributed by atoms with Crippen molar-refractivity contribution in [3.8, 4) is 23.0 Å². The number of ether oxygens (including phenoxy) is 4. The Kier molecular flexibility index (Phi) is 6.46. The molecule has 2 aliphatic rings. The fraction of sp³-hybridized carbons (Fsp3) is 0.276. The van der Waals surface area contributed by atoms with E-state index in [1.54, 1.807) is 28.4 Å². The van der Waals surface area contributed by atoms with E-state index < -0.39 is 6.04 Å². The van der Waals surface area contributed by atoms with Gasteiger partial charge in [0, 0.05) is 17.7 Å². The molecule has 0 amide bonds. The number of carbonyl (C=O) groups excluding carboxylic acids is 1. The minimum atomic E-state index is -0.399. The highest BCUT2D eigenvalue weighted by molar-refractivity contribution is 6.01. The Morgan fingerprint density at radius 1 is 0.750 bits per heavy atom. The van der Waals surface area contributed by atoms with Crippen molar-refractivity contribution in [1.29, 1.82) is 0 Å². The summed E-state index contributed by atoms with van der Waals surface area (Å²) >= 11 is 0. The number of rotatable bonds is 6. The van der Waals surface area contributed by atoms with Gasteiger partial charge in [-0.25, -0.2) is 0 Å². The van der Waals surface area contributed by atoms with Crippen LogP contribution in [0.3, 0.4) is 0 Å². The molecular formula is C29H30N2O5. The molecule has 0 fully saturated rings. The van der Waals surface area contributed by atoms with Gasteiger partial charge in [-0.15, -0.1) is 0 Å². The fourth-order valence-corrected chi connectivity index (χ4v) is 5.14. The van der Waals surface area contributed by atoms with Crippen LogP contribution >= 0.6 is 0 Å². The van der Waals surface area contributed by atoms with Gasteiger partial charge >= 0.3 is 0 Å². The van der Waals surface area contributed by atoms with Gasteiger partial charge < -0.3 is 29.6 Å². The van der Waals surface area contributed by atoms with Gasteiger partial charge in [-0.3, -0.25) is 4.79 Å². The monoisotopic (exact) mass is 486 g/mol. The maximum Gasteiger partial charge on any atom is 0.203 e. The molecule has 0 saturated carbocycles. The lowest BCUT2D eigenvalue weighted by Gasteiger charge is -2.30. The smallest absolute Gasteiger partial charge is 0.203 e. The highest BCUT2D eigenvalue weighted by atomic mass is 16.5. The minimum Gasteiger partial charge on any atom is -0.497 e. The van der Waals surface area contributed by atoms with Gasteiger partial charge in [-0.2, -0.15) is 0 Å². The Balaban J connectivity index is 1.63. The Morgan fingerprint density at radius 3 is 2.14 bits per heavy atom. The van der Waals surface area contributed by atoms with E-state index in [1.165, 1.54) is 0 Å². The number of ketones is 1. The van der Waals surface area contributed by atoms with Gasteiger partial charge in [0.15, 0.2) is 17.3 Å². The number of carbonyl (C=O) groups is 1. The number of anilines is 2. The first kappa shape index (κ1) is 23.6.